The van der Waals surface area contributed by atoms with Crippen LogP contribution >= 0.6 is 0 Å². The van der Waals surface area contributed by atoms with Crippen LogP contribution in [0.1, 0.15) is 40.8 Å². The maximum Gasteiger partial charge on any atom is 0.258 e. The zero-order valence-electron chi connectivity index (χ0n) is 14.6. The van der Waals surface area contributed by atoms with Crippen LogP contribution < -0.4 is 10.1 Å². The molecule has 2 aromatic rings. The van der Waals surface area contributed by atoms with Crippen LogP contribution in [0.4, 0.5) is 0 Å². The summed E-state index contributed by atoms with van der Waals surface area (Å²) in [6.45, 7) is 10.2. The molecule has 0 aliphatic carbocycles. The number of amides is 1. The summed E-state index contributed by atoms with van der Waals surface area (Å²) in [7, 11) is 0. The van der Waals surface area contributed by atoms with E-state index in [9.17, 15) is 4.79 Å². The summed E-state index contributed by atoms with van der Waals surface area (Å²) in [5.74, 6) is 0.649. The molecule has 0 fully saturated rings. The van der Waals surface area contributed by atoms with Crippen molar-refractivity contribution in [3.8, 4) is 5.75 Å². The molecule has 122 valence electrons. The van der Waals surface area contributed by atoms with E-state index in [2.05, 4.69) is 37.4 Å². The molecule has 2 aromatic carbocycles. The van der Waals surface area contributed by atoms with Crippen molar-refractivity contribution in [3.63, 3.8) is 0 Å². The van der Waals surface area contributed by atoms with E-state index >= 15 is 0 Å². The molecule has 0 radical (unpaired) electrons. The van der Waals surface area contributed by atoms with Gasteiger partial charge in [0, 0.05) is 0 Å². The fourth-order valence-electron chi connectivity index (χ4n) is 2.42. The quantitative estimate of drug-likeness (QED) is 0.899. The van der Waals surface area contributed by atoms with Crippen LogP contribution in [0.15, 0.2) is 36.4 Å². The molecule has 0 saturated carbocycles. The zero-order chi connectivity index (χ0) is 17.0. The Morgan fingerprint density at radius 3 is 2.48 bits per heavy atom. The van der Waals surface area contributed by atoms with E-state index < -0.39 is 0 Å². The largest absolute Gasteiger partial charge is 0.483 e. The van der Waals surface area contributed by atoms with Gasteiger partial charge in [-0.25, -0.2) is 0 Å². The average Bonchev–Trinajstić information content (AvgIpc) is 2.51. The molecule has 1 atom stereocenters. The van der Waals surface area contributed by atoms with Gasteiger partial charge in [0.05, 0.1) is 6.04 Å². The lowest BCUT2D eigenvalue weighted by atomic mass is 10.0. The summed E-state index contributed by atoms with van der Waals surface area (Å²) in [6, 6.07) is 12.1. The molecule has 3 nitrogen and oxygen atoms in total. The minimum absolute atomic E-state index is 0.0273. The lowest BCUT2D eigenvalue weighted by Gasteiger charge is -2.16. The second kappa shape index (κ2) is 7.32. The van der Waals surface area contributed by atoms with Crippen molar-refractivity contribution in [1.82, 2.24) is 5.32 Å². The molecule has 2 rings (SSSR count). The molecular weight excluding hydrogens is 286 g/mol. The first-order valence-electron chi connectivity index (χ1n) is 7.94. The molecule has 0 saturated heterocycles. The number of nitrogens with one attached hydrogen (secondary N) is 1. The molecule has 1 N–H and O–H groups in total. The van der Waals surface area contributed by atoms with Crippen molar-refractivity contribution in [1.29, 1.82) is 0 Å². The van der Waals surface area contributed by atoms with Gasteiger partial charge in [0.1, 0.15) is 5.75 Å². The monoisotopic (exact) mass is 311 g/mol. The topological polar surface area (TPSA) is 38.3 Å². The Labute approximate surface area is 138 Å². The number of hydrogen-bond donors (Lipinski definition) is 1. The van der Waals surface area contributed by atoms with Crippen LogP contribution in [0.3, 0.4) is 0 Å². The molecule has 0 aliphatic heterocycles. The molecule has 0 bridgehead atoms. The maximum atomic E-state index is 12.1. The molecule has 0 heterocycles. The highest BCUT2D eigenvalue weighted by atomic mass is 16.5. The number of hydrogen-bond acceptors (Lipinski definition) is 2. The maximum absolute atomic E-state index is 12.1. The van der Waals surface area contributed by atoms with Gasteiger partial charge in [0.25, 0.3) is 5.91 Å². The second-order valence-corrected chi connectivity index (χ2v) is 6.12. The Kier molecular flexibility index (Phi) is 5.43. The van der Waals surface area contributed by atoms with Crippen LogP contribution in [0.2, 0.25) is 0 Å². The van der Waals surface area contributed by atoms with Gasteiger partial charge in [-0.3, -0.25) is 4.79 Å². The molecule has 0 spiro atoms. The van der Waals surface area contributed by atoms with Crippen LogP contribution in [-0.2, 0) is 4.79 Å². The minimum atomic E-state index is -0.114. The van der Waals surface area contributed by atoms with Crippen LogP contribution in [-0.4, -0.2) is 12.5 Å². The van der Waals surface area contributed by atoms with Crippen molar-refractivity contribution < 1.29 is 9.53 Å². The van der Waals surface area contributed by atoms with Gasteiger partial charge in [0.2, 0.25) is 0 Å². The van der Waals surface area contributed by atoms with E-state index in [4.69, 9.17) is 4.74 Å². The van der Waals surface area contributed by atoms with Gasteiger partial charge in [-0.15, -0.1) is 0 Å². The molecule has 23 heavy (non-hydrogen) atoms. The molecule has 0 aromatic heterocycles. The molecule has 3 heteroatoms. The van der Waals surface area contributed by atoms with Crippen molar-refractivity contribution in [2.45, 2.75) is 40.7 Å². The third kappa shape index (κ3) is 4.35. The normalized spacial score (nSPS) is 11.9. The van der Waals surface area contributed by atoms with Crippen molar-refractivity contribution in [3.05, 3.63) is 64.2 Å². The lowest BCUT2D eigenvalue weighted by Crippen LogP contribution is -2.31. The third-order valence-electron chi connectivity index (χ3n) is 4.32. The highest BCUT2D eigenvalue weighted by molar-refractivity contribution is 5.78. The molecule has 0 aliphatic rings. The smallest absolute Gasteiger partial charge is 0.258 e. The highest BCUT2D eigenvalue weighted by Gasteiger charge is 2.11. The van der Waals surface area contributed by atoms with E-state index in [1.54, 1.807) is 0 Å². The van der Waals surface area contributed by atoms with Crippen molar-refractivity contribution in [2.24, 2.45) is 0 Å². The standard InChI is InChI=1S/C20H25NO2/c1-13-9-10-18(11-15(13)3)17(5)21-20(22)12-23-19-8-6-7-14(2)16(19)4/h6-11,17H,12H2,1-5H3,(H,21,22)/t17-/m0/s1. The number of rotatable bonds is 5. The summed E-state index contributed by atoms with van der Waals surface area (Å²) in [4.78, 5) is 12.1. The first-order chi connectivity index (χ1) is 10.9. The molecular formula is C20H25NO2. The van der Waals surface area contributed by atoms with Crippen molar-refractivity contribution >= 4 is 5.91 Å². The third-order valence-corrected chi connectivity index (χ3v) is 4.32. The SMILES string of the molecule is Cc1ccc([C@H](C)NC(=O)COc2cccc(C)c2C)cc1C. The van der Waals surface area contributed by atoms with E-state index in [0.29, 0.717) is 0 Å². The average molecular weight is 311 g/mol. The van der Waals surface area contributed by atoms with Gasteiger partial charge in [0.15, 0.2) is 6.61 Å². The summed E-state index contributed by atoms with van der Waals surface area (Å²) >= 11 is 0. The zero-order valence-corrected chi connectivity index (χ0v) is 14.6. The van der Waals surface area contributed by atoms with Crippen LogP contribution in [0, 0.1) is 27.7 Å². The number of aryl methyl sites for hydroxylation is 3. The summed E-state index contributed by atoms with van der Waals surface area (Å²) in [5, 5.41) is 2.98. The van der Waals surface area contributed by atoms with Crippen LogP contribution in [0.5, 0.6) is 5.75 Å². The Bertz CT molecular complexity index is 707. The Morgan fingerprint density at radius 1 is 1.04 bits per heavy atom. The Hall–Kier alpha value is -2.29. The summed E-state index contributed by atoms with van der Waals surface area (Å²) in [6.07, 6.45) is 0. The van der Waals surface area contributed by atoms with Gasteiger partial charge in [-0.2, -0.15) is 0 Å². The first kappa shape index (κ1) is 17.1. The number of carbonyl (C=O) groups is 1. The van der Waals surface area contributed by atoms with E-state index in [1.807, 2.05) is 39.0 Å². The van der Waals surface area contributed by atoms with Gasteiger partial charge in [-0.05, 0) is 68.5 Å². The van der Waals surface area contributed by atoms with Gasteiger partial charge in [-0.1, -0.05) is 30.3 Å². The second-order valence-electron chi connectivity index (χ2n) is 6.12. The Balaban J connectivity index is 1.93. The predicted octanol–water partition coefficient (Wildman–Crippen LogP) is 4.18. The molecule has 1 amide bonds. The van der Waals surface area contributed by atoms with Gasteiger partial charge < -0.3 is 10.1 Å². The molecule has 0 unspecified atom stereocenters. The van der Waals surface area contributed by atoms with Gasteiger partial charge >= 0.3 is 0 Å². The van der Waals surface area contributed by atoms with Crippen molar-refractivity contribution in [2.75, 3.05) is 6.61 Å². The number of carbonyl (C=O) groups excluding carboxylic acids is 1. The summed E-state index contributed by atoms with van der Waals surface area (Å²) in [5.41, 5.74) is 5.82. The number of ether oxygens (including phenoxy) is 1. The highest BCUT2D eigenvalue weighted by Crippen LogP contribution is 2.20. The van der Waals surface area contributed by atoms with E-state index in [-0.39, 0.29) is 18.6 Å². The predicted molar refractivity (Wildman–Crippen MR) is 93.9 cm³/mol. The van der Waals surface area contributed by atoms with E-state index in [0.717, 1.165) is 22.4 Å². The van der Waals surface area contributed by atoms with Crippen LogP contribution in [0.25, 0.3) is 0 Å². The first-order valence-corrected chi connectivity index (χ1v) is 7.94. The fraction of sp³-hybridized carbons (Fsp3) is 0.350. The lowest BCUT2D eigenvalue weighted by molar-refractivity contribution is -0.123. The summed E-state index contributed by atoms with van der Waals surface area (Å²) < 4.78 is 5.65. The minimum Gasteiger partial charge on any atom is -0.483 e. The van der Waals surface area contributed by atoms with E-state index in [1.165, 1.54) is 11.1 Å². The fourth-order valence-corrected chi connectivity index (χ4v) is 2.42. The number of benzene rings is 2. The Morgan fingerprint density at radius 2 is 1.78 bits per heavy atom.